The number of hydrogen-bond donors (Lipinski definition) is 1. The molecule has 4 rings (SSSR count). The van der Waals surface area contributed by atoms with Crippen LogP contribution in [0.3, 0.4) is 0 Å². The lowest BCUT2D eigenvalue weighted by atomic mass is 10.0. The summed E-state index contributed by atoms with van der Waals surface area (Å²) in [4.78, 5) is 17.8. The number of rotatable bonds is 4. The van der Waals surface area contributed by atoms with Gasteiger partial charge >= 0.3 is 0 Å². The summed E-state index contributed by atoms with van der Waals surface area (Å²) in [6.07, 6.45) is 3.66. The number of aromatic nitrogens is 5. The van der Waals surface area contributed by atoms with Crippen LogP contribution in [-0.4, -0.2) is 30.5 Å². The molecule has 0 aliphatic heterocycles. The number of carbonyl (C=O) groups is 1. The van der Waals surface area contributed by atoms with Gasteiger partial charge in [0, 0.05) is 36.9 Å². The van der Waals surface area contributed by atoms with Crippen LogP contribution >= 0.6 is 0 Å². The van der Waals surface area contributed by atoms with Crippen molar-refractivity contribution in [2.24, 2.45) is 14.1 Å². The number of amides is 1. The molecule has 7 nitrogen and oxygen atoms in total. The number of para-hydroxylation sites is 1. The lowest BCUT2D eigenvalue weighted by Gasteiger charge is -2.15. The topological polar surface area (TPSA) is 77.6 Å². The Kier molecular flexibility index (Phi) is 4.43. The molecule has 0 saturated carbocycles. The fourth-order valence-corrected chi connectivity index (χ4v) is 3.34. The Morgan fingerprint density at radius 1 is 1.14 bits per heavy atom. The third-order valence-electron chi connectivity index (χ3n) is 5.02. The zero-order valence-electron chi connectivity index (χ0n) is 16.3. The molecule has 1 aromatic carbocycles. The molecule has 0 bridgehead atoms. The monoisotopic (exact) mass is 374 g/mol. The third kappa shape index (κ3) is 3.15. The van der Waals surface area contributed by atoms with Crippen LogP contribution in [0.25, 0.3) is 22.3 Å². The number of pyridine rings is 1. The quantitative estimate of drug-likeness (QED) is 0.595. The van der Waals surface area contributed by atoms with Gasteiger partial charge in [0.05, 0.1) is 29.0 Å². The van der Waals surface area contributed by atoms with E-state index < -0.39 is 0 Å². The average molecular weight is 374 g/mol. The van der Waals surface area contributed by atoms with Gasteiger partial charge in [0.1, 0.15) is 5.69 Å². The molecule has 3 heterocycles. The number of nitrogens with zero attached hydrogens (tertiary/aromatic N) is 5. The molecule has 0 radical (unpaired) electrons. The van der Waals surface area contributed by atoms with E-state index in [1.807, 2.05) is 70.5 Å². The molecule has 0 fully saturated rings. The SMILES string of the molecule is Cc1c([C@H](C)NC(=O)c2cc(-c3ccn(C)n3)nc3ccccc23)cnn1C. The second-order valence-electron chi connectivity index (χ2n) is 6.95. The number of aryl methyl sites for hydroxylation is 2. The lowest BCUT2D eigenvalue weighted by Crippen LogP contribution is -2.27. The number of nitrogens with one attached hydrogen (secondary N) is 1. The molecule has 142 valence electrons. The second-order valence-corrected chi connectivity index (χ2v) is 6.95. The molecule has 0 aliphatic carbocycles. The fourth-order valence-electron chi connectivity index (χ4n) is 3.34. The van der Waals surface area contributed by atoms with Gasteiger partial charge in [-0.05, 0) is 32.0 Å². The predicted molar refractivity (Wildman–Crippen MR) is 108 cm³/mol. The Morgan fingerprint density at radius 3 is 2.61 bits per heavy atom. The van der Waals surface area contributed by atoms with E-state index in [0.717, 1.165) is 27.9 Å². The van der Waals surface area contributed by atoms with Crippen molar-refractivity contribution in [2.45, 2.75) is 19.9 Å². The van der Waals surface area contributed by atoms with E-state index in [0.29, 0.717) is 11.3 Å². The molecule has 3 aromatic heterocycles. The second kappa shape index (κ2) is 6.92. The molecule has 4 aromatic rings. The molecular weight excluding hydrogens is 352 g/mol. The minimum atomic E-state index is -0.161. The Morgan fingerprint density at radius 2 is 1.93 bits per heavy atom. The smallest absolute Gasteiger partial charge is 0.252 e. The largest absolute Gasteiger partial charge is 0.345 e. The van der Waals surface area contributed by atoms with Crippen LogP contribution in [0.1, 0.15) is 34.6 Å². The minimum Gasteiger partial charge on any atom is -0.345 e. The van der Waals surface area contributed by atoms with Crippen LogP contribution in [0.5, 0.6) is 0 Å². The van der Waals surface area contributed by atoms with Gasteiger partial charge in [0.2, 0.25) is 0 Å². The van der Waals surface area contributed by atoms with Crippen LogP contribution in [0.4, 0.5) is 0 Å². The summed E-state index contributed by atoms with van der Waals surface area (Å²) < 4.78 is 3.53. The maximum Gasteiger partial charge on any atom is 0.252 e. The first-order chi connectivity index (χ1) is 13.4. The number of carbonyl (C=O) groups excluding carboxylic acids is 1. The zero-order valence-corrected chi connectivity index (χ0v) is 16.3. The van der Waals surface area contributed by atoms with Crippen LogP contribution in [-0.2, 0) is 14.1 Å². The van der Waals surface area contributed by atoms with E-state index in [-0.39, 0.29) is 11.9 Å². The van der Waals surface area contributed by atoms with Crippen molar-refractivity contribution < 1.29 is 4.79 Å². The van der Waals surface area contributed by atoms with Crippen molar-refractivity contribution in [1.82, 2.24) is 29.9 Å². The van der Waals surface area contributed by atoms with Crippen molar-refractivity contribution in [2.75, 3.05) is 0 Å². The van der Waals surface area contributed by atoms with E-state index in [1.54, 1.807) is 15.6 Å². The zero-order chi connectivity index (χ0) is 19.8. The molecular formula is C21H22N6O. The molecule has 1 amide bonds. The fraction of sp³-hybridized carbons (Fsp3) is 0.238. The van der Waals surface area contributed by atoms with Crippen LogP contribution in [0, 0.1) is 6.92 Å². The Balaban J connectivity index is 1.74. The first-order valence-electron chi connectivity index (χ1n) is 9.13. The molecule has 28 heavy (non-hydrogen) atoms. The lowest BCUT2D eigenvalue weighted by molar-refractivity contribution is 0.0941. The van der Waals surface area contributed by atoms with E-state index in [9.17, 15) is 4.79 Å². The number of benzene rings is 1. The highest BCUT2D eigenvalue weighted by Crippen LogP contribution is 2.25. The summed E-state index contributed by atoms with van der Waals surface area (Å²) in [6, 6.07) is 11.2. The van der Waals surface area contributed by atoms with Gasteiger partial charge in [-0.2, -0.15) is 10.2 Å². The highest BCUT2D eigenvalue weighted by Gasteiger charge is 2.19. The highest BCUT2D eigenvalue weighted by molar-refractivity contribution is 6.07. The van der Waals surface area contributed by atoms with Crippen LogP contribution in [0.2, 0.25) is 0 Å². The molecule has 0 aliphatic rings. The van der Waals surface area contributed by atoms with Crippen molar-refractivity contribution in [3.05, 3.63) is 65.6 Å². The van der Waals surface area contributed by atoms with Crippen LogP contribution in [0.15, 0.2) is 48.8 Å². The first kappa shape index (κ1) is 17.9. The summed E-state index contributed by atoms with van der Waals surface area (Å²) >= 11 is 0. The van der Waals surface area contributed by atoms with Gasteiger partial charge in [-0.3, -0.25) is 14.2 Å². The summed E-state index contributed by atoms with van der Waals surface area (Å²) in [7, 11) is 3.75. The van der Waals surface area contributed by atoms with Gasteiger partial charge < -0.3 is 5.32 Å². The van der Waals surface area contributed by atoms with Crippen molar-refractivity contribution >= 4 is 16.8 Å². The normalized spacial score (nSPS) is 12.3. The summed E-state index contributed by atoms with van der Waals surface area (Å²) in [6.45, 7) is 3.96. The Hall–Kier alpha value is -3.48. The minimum absolute atomic E-state index is 0.147. The van der Waals surface area contributed by atoms with Crippen molar-refractivity contribution in [3.8, 4) is 11.4 Å². The molecule has 0 saturated heterocycles. The van der Waals surface area contributed by atoms with Gasteiger partial charge in [0.25, 0.3) is 5.91 Å². The molecule has 1 atom stereocenters. The van der Waals surface area contributed by atoms with Gasteiger partial charge in [-0.1, -0.05) is 18.2 Å². The molecule has 0 unspecified atom stereocenters. The Labute approximate surface area is 163 Å². The van der Waals surface area contributed by atoms with E-state index in [1.165, 1.54) is 0 Å². The third-order valence-corrected chi connectivity index (χ3v) is 5.02. The van der Waals surface area contributed by atoms with E-state index in [2.05, 4.69) is 20.5 Å². The van der Waals surface area contributed by atoms with Gasteiger partial charge in [-0.25, -0.2) is 4.98 Å². The van der Waals surface area contributed by atoms with E-state index >= 15 is 0 Å². The van der Waals surface area contributed by atoms with Crippen molar-refractivity contribution in [3.63, 3.8) is 0 Å². The summed E-state index contributed by atoms with van der Waals surface area (Å²) in [5.74, 6) is -0.147. The Bertz CT molecular complexity index is 1170. The summed E-state index contributed by atoms with van der Waals surface area (Å²) in [5.41, 5.74) is 4.79. The first-order valence-corrected chi connectivity index (χ1v) is 9.13. The van der Waals surface area contributed by atoms with Gasteiger partial charge in [-0.15, -0.1) is 0 Å². The number of fused-ring (bicyclic) bond motifs is 1. The van der Waals surface area contributed by atoms with Gasteiger partial charge in [0.15, 0.2) is 0 Å². The molecule has 1 N–H and O–H groups in total. The molecule has 0 spiro atoms. The maximum absolute atomic E-state index is 13.2. The standard InChI is InChI=1S/C21H22N6O/c1-13(17-12-22-27(4)14(17)2)23-21(28)16-11-20(19-9-10-26(3)25-19)24-18-8-6-5-7-15(16)18/h5-13H,1-4H3,(H,23,28)/t13-/m0/s1. The summed E-state index contributed by atoms with van der Waals surface area (Å²) in [5, 5.41) is 12.6. The average Bonchev–Trinajstić information content (AvgIpc) is 3.26. The number of hydrogen-bond acceptors (Lipinski definition) is 4. The predicted octanol–water partition coefficient (Wildman–Crippen LogP) is 3.17. The van der Waals surface area contributed by atoms with Crippen molar-refractivity contribution in [1.29, 1.82) is 0 Å². The molecule has 7 heteroatoms. The highest BCUT2D eigenvalue weighted by atomic mass is 16.1. The van der Waals surface area contributed by atoms with Crippen LogP contribution < -0.4 is 5.32 Å². The van der Waals surface area contributed by atoms with E-state index in [4.69, 9.17) is 0 Å². The maximum atomic E-state index is 13.2.